The second kappa shape index (κ2) is 6.86. The summed E-state index contributed by atoms with van der Waals surface area (Å²) in [6.07, 6.45) is 2.92. The largest absolute Gasteiger partial charge is 0.472 e. The van der Waals surface area contributed by atoms with Crippen molar-refractivity contribution in [3.8, 4) is 5.88 Å². The van der Waals surface area contributed by atoms with Crippen molar-refractivity contribution < 1.29 is 13.2 Å². The average molecular weight is 347 g/mol. The molecule has 2 aromatic rings. The van der Waals surface area contributed by atoms with Gasteiger partial charge >= 0.3 is 0 Å². The summed E-state index contributed by atoms with van der Waals surface area (Å²) < 4.78 is 33.1. The van der Waals surface area contributed by atoms with Crippen LogP contribution in [0.3, 0.4) is 0 Å². The molecule has 128 valence electrons. The molecule has 1 aromatic heterocycles. The van der Waals surface area contributed by atoms with Crippen molar-refractivity contribution in [3.05, 3.63) is 47.7 Å². The zero-order chi connectivity index (χ0) is 17.2. The number of hydrogen-bond donors (Lipinski definition) is 0. The van der Waals surface area contributed by atoms with Crippen LogP contribution in [0.5, 0.6) is 5.88 Å². The molecule has 6 nitrogen and oxygen atoms in total. The van der Waals surface area contributed by atoms with Gasteiger partial charge in [-0.25, -0.2) is 8.42 Å². The number of benzene rings is 1. The molecular formula is C17H21N3O3S. The number of piperidine rings is 1. The van der Waals surface area contributed by atoms with Gasteiger partial charge in [-0.05, 0) is 56.0 Å². The van der Waals surface area contributed by atoms with Crippen LogP contribution in [0.1, 0.15) is 24.0 Å². The summed E-state index contributed by atoms with van der Waals surface area (Å²) in [7, 11) is -3.51. The summed E-state index contributed by atoms with van der Waals surface area (Å²) in [6.45, 7) is 4.73. The first kappa shape index (κ1) is 16.9. The Bertz CT molecular complexity index is 809. The van der Waals surface area contributed by atoms with Crippen molar-refractivity contribution >= 4 is 10.0 Å². The normalized spacial score (nSPS) is 19.2. The summed E-state index contributed by atoms with van der Waals surface area (Å²) in [4.78, 5) is 0.339. The minimum absolute atomic E-state index is 0.211. The number of ether oxygens (including phenoxy) is 1. The Balaban J connectivity index is 1.77. The summed E-state index contributed by atoms with van der Waals surface area (Å²) >= 11 is 0. The molecule has 1 aromatic carbocycles. The molecule has 0 saturated carbocycles. The Labute approximate surface area is 142 Å². The fraction of sp³-hybridized carbons (Fsp3) is 0.412. The molecule has 0 bridgehead atoms. The Morgan fingerprint density at radius 3 is 2.75 bits per heavy atom. The van der Waals surface area contributed by atoms with Gasteiger partial charge in [-0.15, -0.1) is 5.10 Å². The van der Waals surface area contributed by atoms with Crippen LogP contribution in [-0.2, 0) is 10.0 Å². The molecule has 0 aliphatic carbocycles. The van der Waals surface area contributed by atoms with Crippen LogP contribution in [0.15, 0.2) is 41.4 Å². The van der Waals surface area contributed by atoms with Crippen molar-refractivity contribution in [1.29, 1.82) is 0 Å². The number of rotatable bonds is 4. The molecule has 0 N–H and O–H groups in total. The second-order valence-electron chi connectivity index (χ2n) is 6.05. The van der Waals surface area contributed by atoms with Crippen molar-refractivity contribution in [2.45, 2.75) is 37.7 Å². The molecule has 2 heterocycles. The maximum Gasteiger partial charge on any atom is 0.243 e. The molecular weight excluding hydrogens is 326 g/mol. The molecule has 7 heteroatoms. The minimum Gasteiger partial charge on any atom is -0.472 e. The molecule has 0 amide bonds. The van der Waals surface area contributed by atoms with Gasteiger partial charge in [0.25, 0.3) is 0 Å². The van der Waals surface area contributed by atoms with Gasteiger partial charge in [0, 0.05) is 18.8 Å². The van der Waals surface area contributed by atoms with Crippen LogP contribution >= 0.6 is 0 Å². The maximum atomic E-state index is 12.9. The molecule has 1 unspecified atom stereocenters. The summed E-state index contributed by atoms with van der Waals surface area (Å²) in [5.74, 6) is 0.424. The topological polar surface area (TPSA) is 72.4 Å². The maximum absolute atomic E-state index is 12.9. The van der Waals surface area contributed by atoms with Gasteiger partial charge in [0.2, 0.25) is 15.9 Å². The predicted octanol–water partition coefficient (Wildman–Crippen LogP) is 2.33. The van der Waals surface area contributed by atoms with E-state index in [4.69, 9.17) is 4.74 Å². The predicted molar refractivity (Wildman–Crippen MR) is 90.4 cm³/mol. The van der Waals surface area contributed by atoms with E-state index in [1.807, 2.05) is 19.9 Å². The van der Waals surface area contributed by atoms with Crippen LogP contribution in [0.4, 0.5) is 0 Å². The van der Waals surface area contributed by atoms with Gasteiger partial charge in [-0.2, -0.15) is 9.40 Å². The fourth-order valence-corrected chi connectivity index (χ4v) is 4.36. The number of nitrogens with zero attached hydrogens (tertiary/aromatic N) is 3. The van der Waals surface area contributed by atoms with Gasteiger partial charge in [0.15, 0.2) is 0 Å². The molecule has 1 saturated heterocycles. The van der Waals surface area contributed by atoms with Crippen LogP contribution in [0.25, 0.3) is 0 Å². The summed E-state index contributed by atoms with van der Waals surface area (Å²) in [5, 5.41) is 7.68. The highest BCUT2D eigenvalue weighted by molar-refractivity contribution is 7.89. The Morgan fingerprint density at radius 1 is 1.21 bits per heavy atom. The number of aryl methyl sites for hydroxylation is 2. The zero-order valence-corrected chi connectivity index (χ0v) is 14.7. The van der Waals surface area contributed by atoms with Gasteiger partial charge in [-0.3, -0.25) is 0 Å². The lowest BCUT2D eigenvalue weighted by molar-refractivity contribution is 0.123. The first-order valence-corrected chi connectivity index (χ1v) is 9.42. The minimum atomic E-state index is -3.51. The van der Waals surface area contributed by atoms with Crippen molar-refractivity contribution in [2.24, 2.45) is 0 Å². The van der Waals surface area contributed by atoms with E-state index in [2.05, 4.69) is 10.2 Å². The van der Waals surface area contributed by atoms with Gasteiger partial charge in [0.05, 0.1) is 11.4 Å². The fourth-order valence-electron chi connectivity index (χ4n) is 2.76. The van der Waals surface area contributed by atoms with Gasteiger partial charge in [-0.1, -0.05) is 6.07 Å². The van der Waals surface area contributed by atoms with Gasteiger partial charge < -0.3 is 4.74 Å². The van der Waals surface area contributed by atoms with Crippen LogP contribution < -0.4 is 4.74 Å². The van der Waals surface area contributed by atoms with E-state index in [9.17, 15) is 8.42 Å². The van der Waals surface area contributed by atoms with Crippen LogP contribution in [0.2, 0.25) is 0 Å². The van der Waals surface area contributed by atoms with Crippen LogP contribution in [0, 0.1) is 13.8 Å². The summed E-state index contributed by atoms with van der Waals surface area (Å²) in [6, 6.07) is 8.72. The standard InChI is InChI=1S/C17H21N3O3S/c1-13-7-8-16(11-14(13)2)24(21,22)20-10-4-5-15(12-20)23-17-6-3-9-18-19-17/h3,6-9,11,15H,4-5,10,12H2,1-2H3. The molecule has 1 aliphatic rings. The molecule has 3 rings (SSSR count). The molecule has 1 aliphatic heterocycles. The highest BCUT2D eigenvalue weighted by Gasteiger charge is 2.31. The van der Waals surface area contributed by atoms with E-state index in [0.717, 1.165) is 24.0 Å². The first-order valence-electron chi connectivity index (χ1n) is 7.98. The highest BCUT2D eigenvalue weighted by Crippen LogP contribution is 2.24. The Kier molecular flexibility index (Phi) is 4.82. The number of aromatic nitrogens is 2. The lowest BCUT2D eigenvalue weighted by Crippen LogP contribution is -2.44. The molecule has 1 atom stereocenters. The van der Waals surface area contributed by atoms with Crippen molar-refractivity contribution in [1.82, 2.24) is 14.5 Å². The van der Waals surface area contributed by atoms with Crippen LogP contribution in [-0.4, -0.2) is 42.1 Å². The third-order valence-corrected chi connectivity index (χ3v) is 6.15. The van der Waals surface area contributed by atoms with E-state index in [1.165, 1.54) is 4.31 Å². The van der Waals surface area contributed by atoms with Gasteiger partial charge in [0.1, 0.15) is 6.10 Å². The quantitative estimate of drug-likeness (QED) is 0.849. The molecule has 0 spiro atoms. The van der Waals surface area contributed by atoms with E-state index in [-0.39, 0.29) is 6.10 Å². The third kappa shape index (κ3) is 3.57. The van der Waals surface area contributed by atoms with E-state index >= 15 is 0 Å². The zero-order valence-electron chi connectivity index (χ0n) is 13.8. The summed E-state index contributed by atoms with van der Waals surface area (Å²) in [5.41, 5.74) is 2.05. The molecule has 24 heavy (non-hydrogen) atoms. The first-order chi connectivity index (χ1) is 11.5. The second-order valence-corrected chi connectivity index (χ2v) is 7.99. The van der Waals surface area contributed by atoms with Crippen molar-refractivity contribution in [3.63, 3.8) is 0 Å². The van der Waals surface area contributed by atoms with Crippen molar-refractivity contribution in [2.75, 3.05) is 13.1 Å². The van der Waals surface area contributed by atoms with E-state index < -0.39 is 10.0 Å². The number of sulfonamides is 1. The molecule has 0 radical (unpaired) electrons. The Morgan fingerprint density at radius 2 is 2.04 bits per heavy atom. The SMILES string of the molecule is Cc1ccc(S(=O)(=O)N2CCCC(Oc3cccnn3)C2)cc1C. The van der Waals surface area contributed by atoms with E-state index in [1.54, 1.807) is 30.5 Å². The smallest absolute Gasteiger partial charge is 0.243 e. The van der Waals surface area contributed by atoms with E-state index in [0.29, 0.717) is 23.9 Å². The monoisotopic (exact) mass is 347 g/mol. The molecule has 1 fully saturated rings. The highest BCUT2D eigenvalue weighted by atomic mass is 32.2. The third-order valence-electron chi connectivity index (χ3n) is 4.29. The number of hydrogen-bond acceptors (Lipinski definition) is 5. The lowest BCUT2D eigenvalue weighted by atomic mass is 10.1. The lowest BCUT2D eigenvalue weighted by Gasteiger charge is -2.31. The Hall–Kier alpha value is -1.99. The average Bonchev–Trinajstić information content (AvgIpc) is 2.58.